The molecule has 0 aromatic carbocycles. The van der Waals surface area contributed by atoms with Crippen molar-refractivity contribution in [2.75, 3.05) is 0 Å². The van der Waals surface area contributed by atoms with E-state index in [9.17, 15) is 13.2 Å². The summed E-state index contributed by atoms with van der Waals surface area (Å²) in [4.78, 5) is 0. The maximum atomic E-state index is 11.8. The van der Waals surface area contributed by atoms with E-state index in [1.807, 2.05) is 20.8 Å². The van der Waals surface area contributed by atoms with E-state index in [0.29, 0.717) is 0 Å². The van der Waals surface area contributed by atoms with Crippen LogP contribution in [0, 0.1) is 11.3 Å². The van der Waals surface area contributed by atoms with Gasteiger partial charge in [-0.1, -0.05) is 27.7 Å². The third kappa shape index (κ3) is 5.10. The minimum absolute atomic E-state index is 0.254. The molecule has 1 atom stereocenters. The molecule has 0 fully saturated rings. The van der Waals surface area contributed by atoms with Gasteiger partial charge in [-0.3, -0.25) is 0 Å². The molecule has 0 rings (SSSR count). The van der Waals surface area contributed by atoms with Crippen LogP contribution in [-0.4, -0.2) is 6.18 Å². The fraction of sp³-hybridized carbons (Fsp3) is 1.00. The molecule has 0 aromatic heterocycles. The molecule has 0 bridgehead atoms. The molecule has 0 aliphatic rings. The first-order valence-electron chi connectivity index (χ1n) is 3.69. The Morgan fingerprint density at radius 1 is 1.09 bits per heavy atom. The van der Waals surface area contributed by atoms with Crippen molar-refractivity contribution in [2.24, 2.45) is 11.3 Å². The summed E-state index contributed by atoms with van der Waals surface area (Å²) >= 11 is 0. The largest absolute Gasteiger partial charge is 0.389 e. The first-order valence-corrected chi connectivity index (χ1v) is 3.69. The van der Waals surface area contributed by atoms with E-state index < -0.39 is 12.6 Å². The lowest BCUT2D eigenvalue weighted by atomic mass is 9.80. The van der Waals surface area contributed by atoms with Crippen molar-refractivity contribution in [1.82, 2.24) is 0 Å². The molecular formula is C8H15F3. The van der Waals surface area contributed by atoms with Crippen molar-refractivity contribution < 1.29 is 13.2 Å². The van der Waals surface area contributed by atoms with Gasteiger partial charge in [0.2, 0.25) is 0 Å². The van der Waals surface area contributed by atoms with Crippen molar-refractivity contribution >= 4 is 0 Å². The third-order valence-electron chi connectivity index (χ3n) is 2.02. The minimum atomic E-state index is -4.02. The van der Waals surface area contributed by atoms with Crippen molar-refractivity contribution in [3.63, 3.8) is 0 Å². The highest BCUT2D eigenvalue weighted by molar-refractivity contribution is 4.72. The van der Waals surface area contributed by atoms with Gasteiger partial charge in [0.1, 0.15) is 0 Å². The van der Waals surface area contributed by atoms with E-state index in [4.69, 9.17) is 0 Å². The first kappa shape index (κ1) is 10.8. The number of halogens is 3. The monoisotopic (exact) mass is 168 g/mol. The molecule has 3 heteroatoms. The molecule has 0 saturated carbocycles. The van der Waals surface area contributed by atoms with E-state index in [0.717, 1.165) is 0 Å². The molecule has 1 unspecified atom stereocenters. The summed E-state index contributed by atoms with van der Waals surface area (Å²) in [5, 5.41) is 0. The van der Waals surface area contributed by atoms with Gasteiger partial charge >= 0.3 is 6.18 Å². The zero-order chi connectivity index (χ0) is 9.28. The highest BCUT2D eigenvalue weighted by Gasteiger charge is 2.34. The molecular weight excluding hydrogens is 153 g/mol. The first-order chi connectivity index (χ1) is 4.63. The Hall–Kier alpha value is -0.210. The normalized spacial score (nSPS) is 16.6. The predicted molar refractivity (Wildman–Crippen MR) is 39.3 cm³/mol. The Labute approximate surface area is 65.8 Å². The third-order valence-corrected chi connectivity index (χ3v) is 2.02. The van der Waals surface area contributed by atoms with E-state index in [2.05, 4.69) is 0 Å². The molecule has 0 aromatic rings. The molecule has 0 spiro atoms. The maximum absolute atomic E-state index is 11.8. The van der Waals surface area contributed by atoms with Crippen LogP contribution in [0.5, 0.6) is 0 Å². The molecule has 0 saturated heterocycles. The highest BCUT2D eigenvalue weighted by atomic mass is 19.4. The van der Waals surface area contributed by atoms with Gasteiger partial charge in [0.15, 0.2) is 0 Å². The van der Waals surface area contributed by atoms with Crippen molar-refractivity contribution in [3.8, 4) is 0 Å². The second-order valence-electron chi connectivity index (χ2n) is 4.09. The van der Waals surface area contributed by atoms with E-state index >= 15 is 0 Å². The van der Waals surface area contributed by atoms with Gasteiger partial charge < -0.3 is 0 Å². The zero-order valence-electron chi connectivity index (χ0n) is 7.42. The lowest BCUT2D eigenvalue weighted by molar-refractivity contribution is -0.150. The van der Waals surface area contributed by atoms with Crippen LogP contribution in [0.1, 0.15) is 34.1 Å². The average Bonchev–Trinajstić information content (AvgIpc) is 1.56. The van der Waals surface area contributed by atoms with Crippen molar-refractivity contribution in [2.45, 2.75) is 40.3 Å². The smallest absolute Gasteiger partial charge is 0.171 e. The zero-order valence-corrected chi connectivity index (χ0v) is 7.42. The van der Waals surface area contributed by atoms with Gasteiger partial charge in [0.25, 0.3) is 0 Å². The fourth-order valence-electron chi connectivity index (χ4n) is 0.653. The van der Waals surface area contributed by atoms with Gasteiger partial charge in [0, 0.05) is 6.42 Å². The standard InChI is InChI=1S/C8H15F3/c1-6(7(2,3)4)5-8(9,10)11/h6H,5H2,1-4H3. The van der Waals surface area contributed by atoms with Crippen LogP contribution in [0.3, 0.4) is 0 Å². The summed E-state index contributed by atoms with van der Waals surface area (Å²) in [6.07, 6.45) is -4.71. The van der Waals surface area contributed by atoms with Crippen molar-refractivity contribution in [1.29, 1.82) is 0 Å². The Morgan fingerprint density at radius 3 is 1.55 bits per heavy atom. The molecule has 0 heterocycles. The van der Waals surface area contributed by atoms with Crippen LogP contribution in [0.25, 0.3) is 0 Å². The summed E-state index contributed by atoms with van der Waals surface area (Å²) in [6.45, 7) is 7.10. The number of rotatable bonds is 1. The summed E-state index contributed by atoms with van der Waals surface area (Å²) in [5.74, 6) is -0.317. The molecule has 0 aliphatic heterocycles. The fourth-order valence-corrected chi connectivity index (χ4v) is 0.653. The van der Waals surface area contributed by atoms with Crippen LogP contribution in [-0.2, 0) is 0 Å². The average molecular weight is 168 g/mol. The SMILES string of the molecule is CC(CC(F)(F)F)C(C)(C)C. The van der Waals surface area contributed by atoms with Gasteiger partial charge in [-0.2, -0.15) is 13.2 Å². The quantitative estimate of drug-likeness (QED) is 0.561. The molecule has 0 N–H and O–H groups in total. The molecule has 11 heavy (non-hydrogen) atoms. The Kier molecular flexibility index (Phi) is 2.98. The summed E-state index contributed by atoms with van der Waals surface area (Å²) in [7, 11) is 0. The lowest BCUT2D eigenvalue weighted by Gasteiger charge is -2.27. The summed E-state index contributed by atoms with van der Waals surface area (Å²) in [5.41, 5.74) is -0.254. The Morgan fingerprint density at radius 2 is 1.45 bits per heavy atom. The van der Waals surface area contributed by atoms with Crippen LogP contribution in [0.4, 0.5) is 13.2 Å². The Balaban J connectivity index is 3.99. The summed E-state index contributed by atoms with van der Waals surface area (Å²) in [6, 6.07) is 0. The molecule has 0 aliphatic carbocycles. The number of alkyl halides is 3. The topological polar surface area (TPSA) is 0 Å². The predicted octanol–water partition coefficient (Wildman–Crippen LogP) is 3.62. The molecule has 0 radical (unpaired) electrons. The van der Waals surface area contributed by atoms with Gasteiger partial charge in [-0.15, -0.1) is 0 Å². The van der Waals surface area contributed by atoms with Gasteiger partial charge in [0.05, 0.1) is 0 Å². The maximum Gasteiger partial charge on any atom is 0.389 e. The van der Waals surface area contributed by atoms with Crippen LogP contribution >= 0.6 is 0 Å². The van der Waals surface area contributed by atoms with Crippen LogP contribution in [0.2, 0.25) is 0 Å². The second kappa shape index (κ2) is 3.03. The van der Waals surface area contributed by atoms with Crippen LogP contribution < -0.4 is 0 Å². The number of hydrogen-bond acceptors (Lipinski definition) is 0. The van der Waals surface area contributed by atoms with E-state index in [-0.39, 0.29) is 11.3 Å². The van der Waals surface area contributed by atoms with Gasteiger partial charge in [-0.25, -0.2) is 0 Å². The summed E-state index contributed by atoms with van der Waals surface area (Å²) < 4.78 is 35.5. The molecule has 68 valence electrons. The van der Waals surface area contributed by atoms with Gasteiger partial charge in [-0.05, 0) is 11.3 Å². The number of hydrogen-bond donors (Lipinski definition) is 0. The van der Waals surface area contributed by atoms with Crippen molar-refractivity contribution in [3.05, 3.63) is 0 Å². The lowest BCUT2D eigenvalue weighted by Crippen LogP contribution is -2.23. The molecule has 0 amide bonds. The Bertz CT molecular complexity index is 118. The van der Waals surface area contributed by atoms with E-state index in [1.54, 1.807) is 6.92 Å². The second-order valence-corrected chi connectivity index (χ2v) is 4.09. The van der Waals surface area contributed by atoms with Crippen LogP contribution in [0.15, 0.2) is 0 Å². The highest BCUT2D eigenvalue weighted by Crippen LogP contribution is 2.34. The minimum Gasteiger partial charge on any atom is -0.171 e. The van der Waals surface area contributed by atoms with E-state index in [1.165, 1.54) is 0 Å². The molecule has 0 nitrogen and oxygen atoms in total.